The lowest BCUT2D eigenvalue weighted by Gasteiger charge is -2.13. The predicted octanol–water partition coefficient (Wildman–Crippen LogP) is 2.17. The van der Waals surface area contributed by atoms with Crippen molar-refractivity contribution in [1.82, 2.24) is 15.0 Å². The van der Waals surface area contributed by atoms with Gasteiger partial charge in [0.05, 0.1) is 18.5 Å². The molecule has 1 heterocycles. The van der Waals surface area contributed by atoms with Gasteiger partial charge in [-0.15, -0.1) is 5.10 Å². The first-order valence-electron chi connectivity index (χ1n) is 6.55. The van der Waals surface area contributed by atoms with Crippen molar-refractivity contribution in [2.24, 2.45) is 0 Å². The van der Waals surface area contributed by atoms with Crippen LogP contribution in [0.5, 0.6) is 5.75 Å². The first-order valence-corrected chi connectivity index (χ1v) is 6.55. The summed E-state index contributed by atoms with van der Waals surface area (Å²) in [4.78, 5) is 0. The lowest BCUT2D eigenvalue weighted by molar-refractivity contribution is 0.207. The lowest BCUT2D eigenvalue weighted by atomic mass is 10.1. The van der Waals surface area contributed by atoms with Gasteiger partial charge in [-0.05, 0) is 31.0 Å². The monoisotopic (exact) mass is 261 g/mol. The molecule has 0 saturated heterocycles. The van der Waals surface area contributed by atoms with Crippen LogP contribution in [-0.4, -0.2) is 26.7 Å². The van der Waals surface area contributed by atoms with Crippen LogP contribution in [0.2, 0.25) is 0 Å². The minimum atomic E-state index is -0.711. The zero-order valence-electron chi connectivity index (χ0n) is 11.3. The minimum Gasteiger partial charge on any atom is -0.494 e. The normalized spacial score (nSPS) is 12.4. The molecule has 2 rings (SSSR count). The van der Waals surface area contributed by atoms with Crippen LogP contribution in [0.1, 0.15) is 37.6 Å². The number of aliphatic hydroxyl groups excluding tert-OH is 1. The molecule has 0 amide bonds. The number of aliphatic hydroxyl groups is 1. The second kappa shape index (κ2) is 6.33. The first kappa shape index (κ1) is 13.5. The highest BCUT2D eigenvalue weighted by atomic mass is 16.5. The topological polar surface area (TPSA) is 60.2 Å². The Morgan fingerprint density at radius 1 is 1.26 bits per heavy atom. The van der Waals surface area contributed by atoms with Gasteiger partial charge in [0.25, 0.3) is 0 Å². The summed E-state index contributed by atoms with van der Waals surface area (Å²) in [6, 6.07) is 7.43. The fourth-order valence-electron chi connectivity index (χ4n) is 1.95. The maximum Gasteiger partial charge on any atom is 0.122 e. The van der Waals surface area contributed by atoms with Crippen molar-refractivity contribution in [1.29, 1.82) is 0 Å². The molecule has 0 bridgehead atoms. The van der Waals surface area contributed by atoms with Crippen LogP contribution in [0.3, 0.4) is 0 Å². The number of hydrogen-bond donors (Lipinski definition) is 1. The van der Waals surface area contributed by atoms with Gasteiger partial charge in [0.2, 0.25) is 0 Å². The van der Waals surface area contributed by atoms with Gasteiger partial charge in [-0.25, -0.2) is 4.68 Å². The molecular formula is C14H19N3O2. The summed E-state index contributed by atoms with van der Waals surface area (Å²) in [7, 11) is 0. The fraction of sp³-hybridized carbons (Fsp3) is 0.429. The zero-order chi connectivity index (χ0) is 13.7. The Labute approximate surface area is 112 Å². The van der Waals surface area contributed by atoms with Gasteiger partial charge in [0.15, 0.2) is 0 Å². The van der Waals surface area contributed by atoms with Crippen molar-refractivity contribution in [2.45, 2.75) is 32.9 Å². The van der Waals surface area contributed by atoms with Crippen molar-refractivity contribution in [2.75, 3.05) is 6.61 Å². The third kappa shape index (κ3) is 3.12. The molecule has 1 aromatic carbocycles. The van der Waals surface area contributed by atoms with Crippen molar-refractivity contribution >= 4 is 0 Å². The summed E-state index contributed by atoms with van der Waals surface area (Å²) in [5, 5.41) is 18.2. The van der Waals surface area contributed by atoms with E-state index in [1.54, 1.807) is 10.9 Å². The minimum absolute atomic E-state index is 0.634. The van der Waals surface area contributed by atoms with Crippen LogP contribution in [0.25, 0.3) is 0 Å². The molecule has 0 saturated carbocycles. The van der Waals surface area contributed by atoms with Crippen molar-refractivity contribution < 1.29 is 9.84 Å². The van der Waals surface area contributed by atoms with E-state index in [0.29, 0.717) is 12.3 Å². The molecule has 2 aromatic rings. The van der Waals surface area contributed by atoms with Gasteiger partial charge < -0.3 is 9.84 Å². The number of aromatic nitrogens is 3. The number of aryl methyl sites for hydroxylation is 1. The van der Waals surface area contributed by atoms with Gasteiger partial charge in [0, 0.05) is 6.54 Å². The summed E-state index contributed by atoms with van der Waals surface area (Å²) < 4.78 is 7.12. The molecule has 102 valence electrons. The number of rotatable bonds is 6. The standard InChI is InChI=1S/C14H19N3O2/c1-3-9-17-13(10-15-16-17)14(18)11-5-7-12(8-6-11)19-4-2/h5-8,10,14,18H,3-4,9H2,1-2H3. The van der Waals surface area contributed by atoms with Crippen LogP contribution in [0, 0.1) is 0 Å². The van der Waals surface area contributed by atoms with Gasteiger partial charge in [-0.1, -0.05) is 24.3 Å². The molecule has 5 heteroatoms. The third-order valence-electron chi connectivity index (χ3n) is 2.87. The maximum atomic E-state index is 10.4. The smallest absolute Gasteiger partial charge is 0.122 e. The van der Waals surface area contributed by atoms with Crippen LogP contribution in [0.15, 0.2) is 30.5 Å². The van der Waals surface area contributed by atoms with E-state index in [1.165, 1.54) is 0 Å². The summed E-state index contributed by atoms with van der Waals surface area (Å²) in [6.07, 6.45) is 1.85. The first-order chi connectivity index (χ1) is 9.26. The second-order valence-corrected chi connectivity index (χ2v) is 4.29. The molecule has 0 aliphatic carbocycles. The van der Waals surface area contributed by atoms with Gasteiger partial charge in [0.1, 0.15) is 11.9 Å². The maximum absolute atomic E-state index is 10.4. The van der Waals surface area contributed by atoms with E-state index in [1.807, 2.05) is 31.2 Å². The number of nitrogens with zero attached hydrogens (tertiary/aromatic N) is 3. The zero-order valence-corrected chi connectivity index (χ0v) is 11.3. The third-order valence-corrected chi connectivity index (χ3v) is 2.87. The van der Waals surface area contributed by atoms with Gasteiger partial charge >= 0.3 is 0 Å². The Balaban J connectivity index is 2.18. The molecule has 1 atom stereocenters. The highest BCUT2D eigenvalue weighted by Gasteiger charge is 2.16. The quantitative estimate of drug-likeness (QED) is 0.865. The Hall–Kier alpha value is -1.88. The summed E-state index contributed by atoms with van der Waals surface area (Å²) in [6.45, 7) is 5.39. The highest BCUT2D eigenvalue weighted by Crippen LogP contribution is 2.23. The van der Waals surface area contributed by atoms with Crippen LogP contribution in [0.4, 0.5) is 0 Å². The van der Waals surface area contributed by atoms with Crippen LogP contribution >= 0.6 is 0 Å². The van der Waals surface area contributed by atoms with E-state index in [0.717, 1.165) is 24.3 Å². The summed E-state index contributed by atoms with van der Waals surface area (Å²) in [5.41, 5.74) is 1.52. The molecule has 0 spiro atoms. The fourth-order valence-corrected chi connectivity index (χ4v) is 1.95. The Kier molecular flexibility index (Phi) is 4.52. The predicted molar refractivity (Wildman–Crippen MR) is 72.0 cm³/mol. The van der Waals surface area contributed by atoms with Crippen LogP contribution in [-0.2, 0) is 6.54 Å². The van der Waals surface area contributed by atoms with E-state index in [9.17, 15) is 5.11 Å². The molecule has 0 aliphatic heterocycles. The molecule has 0 radical (unpaired) electrons. The Morgan fingerprint density at radius 2 is 2.00 bits per heavy atom. The van der Waals surface area contributed by atoms with Gasteiger partial charge in [-0.3, -0.25) is 0 Å². The number of ether oxygens (including phenoxy) is 1. The number of hydrogen-bond acceptors (Lipinski definition) is 4. The van der Waals surface area contributed by atoms with Crippen molar-refractivity contribution in [3.05, 3.63) is 41.7 Å². The van der Waals surface area contributed by atoms with E-state index in [2.05, 4.69) is 17.2 Å². The average molecular weight is 261 g/mol. The van der Waals surface area contributed by atoms with E-state index >= 15 is 0 Å². The lowest BCUT2D eigenvalue weighted by Crippen LogP contribution is -2.10. The molecule has 5 nitrogen and oxygen atoms in total. The molecule has 0 aliphatic rings. The average Bonchev–Trinajstić information content (AvgIpc) is 2.88. The summed E-state index contributed by atoms with van der Waals surface area (Å²) in [5.74, 6) is 0.804. The van der Waals surface area contributed by atoms with E-state index < -0.39 is 6.10 Å². The Bertz CT molecular complexity index is 508. The van der Waals surface area contributed by atoms with Crippen molar-refractivity contribution in [3.63, 3.8) is 0 Å². The molecule has 1 N–H and O–H groups in total. The molecule has 1 unspecified atom stereocenters. The summed E-state index contributed by atoms with van der Waals surface area (Å²) >= 11 is 0. The van der Waals surface area contributed by atoms with Crippen molar-refractivity contribution in [3.8, 4) is 5.75 Å². The van der Waals surface area contributed by atoms with Crippen LogP contribution < -0.4 is 4.74 Å². The van der Waals surface area contributed by atoms with Gasteiger partial charge in [-0.2, -0.15) is 0 Å². The highest BCUT2D eigenvalue weighted by molar-refractivity contribution is 5.31. The molecule has 19 heavy (non-hydrogen) atoms. The van der Waals surface area contributed by atoms with E-state index in [4.69, 9.17) is 4.74 Å². The number of benzene rings is 1. The second-order valence-electron chi connectivity index (χ2n) is 4.29. The molecular weight excluding hydrogens is 242 g/mol. The largest absolute Gasteiger partial charge is 0.494 e. The SMILES string of the molecule is CCCn1nncc1C(O)c1ccc(OCC)cc1. The molecule has 0 fully saturated rings. The molecule has 1 aromatic heterocycles. The van der Waals surface area contributed by atoms with E-state index in [-0.39, 0.29) is 0 Å². The Morgan fingerprint density at radius 3 is 2.63 bits per heavy atom.